The van der Waals surface area contributed by atoms with Crippen LogP contribution in [-0.4, -0.2) is 21.3 Å². The van der Waals surface area contributed by atoms with E-state index in [9.17, 15) is 4.79 Å². The van der Waals surface area contributed by atoms with Gasteiger partial charge in [-0.25, -0.2) is 0 Å². The fraction of sp³-hybridized carbons (Fsp3) is 0.727. The Balaban J connectivity index is 1.67. The number of hydrogen-bond donors (Lipinski definition) is 2. The van der Waals surface area contributed by atoms with Crippen LogP contribution in [0.25, 0.3) is 0 Å². The van der Waals surface area contributed by atoms with Gasteiger partial charge in [0.2, 0.25) is 5.91 Å². The van der Waals surface area contributed by atoms with Gasteiger partial charge < -0.3 is 5.32 Å². The molecular weight excluding hydrogens is 204 g/mol. The largest absolute Gasteiger partial charge is 0.308 e. The lowest BCUT2D eigenvalue weighted by Gasteiger charge is -2.20. The van der Waals surface area contributed by atoms with E-state index in [4.69, 9.17) is 0 Å². The highest BCUT2D eigenvalue weighted by atomic mass is 16.1. The molecule has 0 unspecified atom stereocenters. The van der Waals surface area contributed by atoms with Gasteiger partial charge in [-0.3, -0.25) is 4.79 Å². The van der Waals surface area contributed by atoms with Crippen molar-refractivity contribution in [1.29, 1.82) is 0 Å². The summed E-state index contributed by atoms with van der Waals surface area (Å²) in [6.45, 7) is 0. The lowest BCUT2D eigenvalue weighted by Crippen LogP contribution is -2.15. The predicted octanol–water partition coefficient (Wildman–Crippen LogP) is 2.10. The first-order valence-electron chi connectivity index (χ1n) is 6.00. The highest BCUT2D eigenvalue weighted by molar-refractivity contribution is 5.89. The summed E-state index contributed by atoms with van der Waals surface area (Å²) in [7, 11) is 0. The lowest BCUT2D eigenvalue weighted by atomic mass is 9.86. The molecule has 0 aromatic carbocycles. The molecule has 1 aliphatic rings. The first-order valence-corrected chi connectivity index (χ1v) is 6.00. The molecule has 0 spiro atoms. The van der Waals surface area contributed by atoms with Crippen molar-refractivity contribution in [3.05, 3.63) is 6.20 Å². The molecule has 5 nitrogen and oxygen atoms in total. The van der Waals surface area contributed by atoms with Gasteiger partial charge in [0, 0.05) is 6.42 Å². The molecule has 0 radical (unpaired) electrons. The van der Waals surface area contributed by atoms with Crippen LogP contribution in [0.15, 0.2) is 6.20 Å². The molecule has 16 heavy (non-hydrogen) atoms. The number of carbonyl (C=O) groups excluding carboxylic acids is 1. The second-order valence-corrected chi connectivity index (χ2v) is 4.45. The van der Waals surface area contributed by atoms with Gasteiger partial charge >= 0.3 is 0 Å². The summed E-state index contributed by atoms with van der Waals surface area (Å²) in [6, 6.07) is 0. The van der Waals surface area contributed by atoms with Gasteiger partial charge in [-0.15, -0.1) is 5.10 Å². The van der Waals surface area contributed by atoms with E-state index in [0.29, 0.717) is 12.2 Å². The molecule has 0 atom stereocenters. The summed E-state index contributed by atoms with van der Waals surface area (Å²) in [5, 5.41) is 12.6. The fourth-order valence-corrected chi connectivity index (χ4v) is 2.28. The molecule has 2 N–H and O–H groups in total. The van der Waals surface area contributed by atoms with Crippen LogP contribution in [0.3, 0.4) is 0 Å². The number of aromatic amines is 1. The third kappa shape index (κ3) is 3.32. The molecule has 1 aromatic heterocycles. The average Bonchev–Trinajstić information content (AvgIpc) is 2.81. The Morgan fingerprint density at radius 3 is 2.94 bits per heavy atom. The number of hydrogen-bond acceptors (Lipinski definition) is 3. The zero-order valence-electron chi connectivity index (χ0n) is 9.41. The smallest absolute Gasteiger partial charge is 0.225 e. The summed E-state index contributed by atoms with van der Waals surface area (Å²) < 4.78 is 0. The van der Waals surface area contributed by atoms with Crippen LogP contribution < -0.4 is 5.32 Å². The number of anilines is 1. The second kappa shape index (κ2) is 5.63. The van der Waals surface area contributed by atoms with Crippen LogP contribution in [-0.2, 0) is 4.79 Å². The predicted molar refractivity (Wildman–Crippen MR) is 60.8 cm³/mol. The molecule has 2 rings (SSSR count). The van der Waals surface area contributed by atoms with Gasteiger partial charge in [-0.1, -0.05) is 32.1 Å². The second-order valence-electron chi connectivity index (χ2n) is 4.45. The summed E-state index contributed by atoms with van der Waals surface area (Å²) in [5.74, 6) is 1.30. The topological polar surface area (TPSA) is 70.7 Å². The van der Waals surface area contributed by atoms with E-state index < -0.39 is 0 Å². The normalized spacial score (nSPS) is 17.2. The molecule has 1 saturated carbocycles. The van der Waals surface area contributed by atoms with E-state index in [-0.39, 0.29) is 5.91 Å². The minimum Gasteiger partial charge on any atom is -0.308 e. The van der Waals surface area contributed by atoms with Gasteiger partial charge in [0.15, 0.2) is 5.82 Å². The molecule has 0 aliphatic heterocycles. The summed E-state index contributed by atoms with van der Waals surface area (Å²) in [5.41, 5.74) is 0. The first kappa shape index (κ1) is 11.1. The van der Waals surface area contributed by atoms with E-state index in [1.165, 1.54) is 38.3 Å². The van der Waals surface area contributed by atoms with Crippen LogP contribution in [0.2, 0.25) is 0 Å². The summed E-state index contributed by atoms with van der Waals surface area (Å²) >= 11 is 0. The molecule has 1 aromatic rings. The van der Waals surface area contributed by atoms with Gasteiger partial charge in [-0.05, 0) is 12.3 Å². The highest BCUT2D eigenvalue weighted by Crippen LogP contribution is 2.27. The van der Waals surface area contributed by atoms with Crippen LogP contribution in [0.4, 0.5) is 5.82 Å². The monoisotopic (exact) mass is 222 g/mol. The maximum Gasteiger partial charge on any atom is 0.225 e. The molecular formula is C11H18N4O. The molecule has 1 amide bonds. The highest BCUT2D eigenvalue weighted by Gasteiger charge is 2.15. The van der Waals surface area contributed by atoms with E-state index in [1.807, 2.05) is 0 Å². The standard InChI is InChI=1S/C11H18N4O/c16-11(13-10-8-12-15-14-10)7-6-9-4-2-1-3-5-9/h8-9H,1-7H2,(H2,12,13,14,15,16). The molecule has 0 bridgehead atoms. The van der Waals surface area contributed by atoms with E-state index >= 15 is 0 Å². The van der Waals surface area contributed by atoms with E-state index in [2.05, 4.69) is 20.7 Å². The molecule has 1 heterocycles. The summed E-state index contributed by atoms with van der Waals surface area (Å²) in [6.07, 6.45) is 9.71. The average molecular weight is 222 g/mol. The van der Waals surface area contributed by atoms with Gasteiger partial charge in [-0.2, -0.15) is 10.3 Å². The first-order chi connectivity index (χ1) is 7.84. The number of rotatable bonds is 4. The van der Waals surface area contributed by atoms with Crippen molar-refractivity contribution in [2.45, 2.75) is 44.9 Å². The zero-order chi connectivity index (χ0) is 11.2. The number of aromatic nitrogens is 3. The van der Waals surface area contributed by atoms with Crippen molar-refractivity contribution >= 4 is 11.7 Å². The molecule has 5 heteroatoms. The van der Waals surface area contributed by atoms with Crippen LogP contribution in [0, 0.1) is 5.92 Å². The van der Waals surface area contributed by atoms with E-state index in [1.54, 1.807) is 0 Å². The number of amides is 1. The Morgan fingerprint density at radius 2 is 2.25 bits per heavy atom. The van der Waals surface area contributed by atoms with Crippen molar-refractivity contribution in [1.82, 2.24) is 15.4 Å². The number of nitrogens with zero attached hydrogens (tertiary/aromatic N) is 2. The van der Waals surface area contributed by atoms with Crippen LogP contribution in [0.5, 0.6) is 0 Å². The van der Waals surface area contributed by atoms with Gasteiger partial charge in [0.25, 0.3) is 0 Å². The molecule has 88 valence electrons. The zero-order valence-corrected chi connectivity index (χ0v) is 9.41. The Kier molecular flexibility index (Phi) is 3.91. The van der Waals surface area contributed by atoms with Crippen LogP contribution in [0.1, 0.15) is 44.9 Å². The molecule has 1 aliphatic carbocycles. The Labute approximate surface area is 95.0 Å². The number of carbonyl (C=O) groups is 1. The summed E-state index contributed by atoms with van der Waals surface area (Å²) in [4.78, 5) is 11.6. The Hall–Kier alpha value is -1.39. The lowest BCUT2D eigenvalue weighted by molar-refractivity contribution is -0.116. The third-order valence-corrected chi connectivity index (χ3v) is 3.19. The Morgan fingerprint density at radius 1 is 1.44 bits per heavy atom. The van der Waals surface area contributed by atoms with Crippen molar-refractivity contribution in [3.8, 4) is 0 Å². The quantitative estimate of drug-likeness (QED) is 0.819. The van der Waals surface area contributed by atoms with Crippen molar-refractivity contribution in [3.63, 3.8) is 0 Å². The SMILES string of the molecule is O=C(CCC1CCCCC1)Nc1cn[nH]n1. The minimum absolute atomic E-state index is 0.0412. The van der Waals surface area contributed by atoms with Crippen molar-refractivity contribution < 1.29 is 4.79 Å². The molecule has 1 fully saturated rings. The van der Waals surface area contributed by atoms with E-state index in [0.717, 1.165) is 12.3 Å². The minimum atomic E-state index is 0.0412. The third-order valence-electron chi connectivity index (χ3n) is 3.19. The maximum atomic E-state index is 11.6. The van der Waals surface area contributed by atoms with Crippen molar-refractivity contribution in [2.75, 3.05) is 5.32 Å². The molecule has 0 saturated heterocycles. The number of H-pyrrole nitrogens is 1. The maximum absolute atomic E-state index is 11.6. The number of nitrogens with one attached hydrogen (secondary N) is 2. The van der Waals surface area contributed by atoms with Crippen LogP contribution >= 0.6 is 0 Å². The Bertz CT molecular complexity index is 317. The van der Waals surface area contributed by atoms with Crippen molar-refractivity contribution in [2.24, 2.45) is 5.92 Å². The fourth-order valence-electron chi connectivity index (χ4n) is 2.28. The van der Waals surface area contributed by atoms with Gasteiger partial charge in [0.05, 0.1) is 6.20 Å². The van der Waals surface area contributed by atoms with Gasteiger partial charge in [0.1, 0.15) is 0 Å².